The molecule has 0 saturated carbocycles. The number of thiazole rings is 1. The van der Waals surface area contributed by atoms with Gasteiger partial charge in [-0.1, -0.05) is 23.4 Å². The molecule has 0 bridgehead atoms. The van der Waals surface area contributed by atoms with Gasteiger partial charge in [0.15, 0.2) is 15.8 Å². The molecule has 10 heteroatoms. The predicted octanol–water partition coefficient (Wildman–Crippen LogP) is 4.12. The third kappa shape index (κ3) is 4.26. The lowest BCUT2D eigenvalue weighted by Crippen LogP contribution is -2.35. The molecule has 0 saturated heterocycles. The molecule has 0 unspecified atom stereocenters. The van der Waals surface area contributed by atoms with Crippen molar-refractivity contribution in [3.8, 4) is 11.5 Å². The minimum absolute atomic E-state index is 0.0715. The number of aromatic nitrogens is 1. The maximum Gasteiger partial charge on any atom is 0.325 e. The van der Waals surface area contributed by atoms with Crippen LogP contribution in [0.15, 0.2) is 40.7 Å². The fourth-order valence-corrected chi connectivity index (χ4v) is 4.38. The maximum atomic E-state index is 12.0. The average Bonchev–Trinajstić information content (AvgIpc) is 3.25. The van der Waals surface area contributed by atoms with Crippen molar-refractivity contribution < 1.29 is 19.1 Å². The van der Waals surface area contributed by atoms with Crippen molar-refractivity contribution in [1.29, 1.82) is 0 Å². The Labute approximate surface area is 167 Å². The number of hydrogen-bond donors (Lipinski definition) is 2. The zero-order valence-corrected chi connectivity index (χ0v) is 16.0. The number of imide groups is 1. The monoisotopic (exact) mass is 421 g/mol. The van der Waals surface area contributed by atoms with E-state index in [1.54, 1.807) is 30.3 Å². The topological polar surface area (TPSA) is 89.6 Å². The van der Waals surface area contributed by atoms with Crippen molar-refractivity contribution in [2.75, 3.05) is 17.9 Å². The second-order valence-electron chi connectivity index (χ2n) is 5.45. The lowest BCUT2D eigenvalue weighted by molar-refractivity contribution is -0.117. The van der Waals surface area contributed by atoms with Gasteiger partial charge in [0.25, 0.3) is 0 Å². The van der Waals surface area contributed by atoms with Crippen LogP contribution in [0.4, 0.5) is 10.5 Å². The molecular weight excluding hydrogens is 410 g/mol. The second kappa shape index (κ2) is 7.63. The fourth-order valence-electron chi connectivity index (χ4n) is 2.37. The van der Waals surface area contributed by atoms with E-state index in [1.165, 1.54) is 23.1 Å². The lowest BCUT2D eigenvalue weighted by Gasteiger charge is -2.07. The van der Waals surface area contributed by atoms with Crippen molar-refractivity contribution in [3.05, 3.63) is 41.4 Å². The highest BCUT2D eigenvalue weighted by Crippen LogP contribution is 2.34. The number of nitrogens with one attached hydrogen (secondary N) is 2. The summed E-state index contributed by atoms with van der Waals surface area (Å²) in [7, 11) is 0. The molecule has 0 radical (unpaired) electrons. The molecular formula is C17H12ClN3O4S2. The molecule has 3 amide bonds. The van der Waals surface area contributed by atoms with Gasteiger partial charge in [-0.2, -0.15) is 0 Å². The van der Waals surface area contributed by atoms with Crippen LogP contribution >= 0.6 is 34.7 Å². The van der Waals surface area contributed by atoms with E-state index < -0.39 is 11.9 Å². The number of nitrogens with zero attached hydrogens (tertiary/aromatic N) is 1. The molecule has 0 fully saturated rings. The second-order valence-corrected chi connectivity index (χ2v) is 8.14. The number of carbonyl (C=O) groups is 2. The minimum atomic E-state index is -0.615. The van der Waals surface area contributed by atoms with Gasteiger partial charge in [0.1, 0.15) is 0 Å². The fraction of sp³-hybridized carbons (Fsp3) is 0.118. The molecule has 27 heavy (non-hydrogen) atoms. The van der Waals surface area contributed by atoms with E-state index in [0.717, 1.165) is 14.6 Å². The number of urea groups is 1. The normalized spacial score (nSPS) is 12.2. The number of anilines is 1. The summed E-state index contributed by atoms with van der Waals surface area (Å²) in [5.41, 5.74) is 1.29. The molecule has 1 aromatic heterocycles. The summed E-state index contributed by atoms with van der Waals surface area (Å²) in [5.74, 6) is 0.814. The summed E-state index contributed by atoms with van der Waals surface area (Å²) < 4.78 is 12.2. The quantitative estimate of drug-likeness (QED) is 0.616. The van der Waals surface area contributed by atoms with Gasteiger partial charge in [-0.25, -0.2) is 9.78 Å². The van der Waals surface area contributed by atoms with Gasteiger partial charge in [0.05, 0.1) is 16.0 Å². The largest absolute Gasteiger partial charge is 0.454 e. The molecule has 4 rings (SSSR count). The smallest absolute Gasteiger partial charge is 0.325 e. The lowest BCUT2D eigenvalue weighted by atomic mass is 10.3. The van der Waals surface area contributed by atoms with Crippen LogP contribution < -0.4 is 20.1 Å². The van der Waals surface area contributed by atoms with Crippen molar-refractivity contribution in [2.24, 2.45) is 0 Å². The summed E-state index contributed by atoms with van der Waals surface area (Å²) in [6.07, 6.45) is 0. The Kier molecular flexibility index (Phi) is 5.06. The van der Waals surface area contributed by atoms with Gasteiger partial charge in [-0.15, -0.1) is 11.3 Å². The molecule has 1 aliphatic heterocycles. The number of fused-ring (bicyclic) bond motifs is 2. The Morgan fingerprint density at radius 1 is 1.19 bits per heavy atom. The van der Waals surface area contributed by atoms with Crippen molar-refractivity contribution in [1.82, 2.24) is 10.3 Å². The number of amides is 3. The zero-order chi connectivity index (χ0) is 18.8. The number of hydrogen-bond acceptors (Lipinski definition) is 7. The van der Waals surface area contributed by atoms with Gasteiger partial charge in [-0.05, 0) is 30.3 Å². The van der Waals surface area contributed by atoms with Crippen molar-refractivity contribution >= 4 is 62.5 Å². The van der Waals surface area contributed by atoms with Crippen LogP contribution in [0.5, 0.6) is 11.5 Å². The average molecular weight is 422 g/mol. The summed E-state index contributed by atoms with van der Waals surface area (Å²) in [6.45, 7) is 0.151. The molecule has 1 aliphatic rings. The highest BCUT2D eigenvalue weighted by atomic mass is 35.5. The third-order valence-electron chi connectivity index (χ3n) is 3.54. The van der Waals surface area contributed by atoms with E-state index >= 15 is 0 Å². The highest BCUT2D eigenvalue weighted by Gasteiger charge is 2.15. The Bertz CT molecular complexity index is 1040. The molecule has 2 N–H and O–H groups in total. The first-order valence-electron chi connectivity index (χ1n) is 7.76. The molecule has 0 atom stereocenters. The van der Waals surface area contributed by atoms with Crippen LogP contribution in [0.2, 0.25) is 5.02 Å². The van der Waals surface area contributed by atoms with Crippen LogP contribution in [0.1, 0.15) is 0 Å². The zero-order valence-electron chi connectivity index (χ0n) is 13.7. The Morgan fingerprint density at radius 3 is 2.93 bits per heavy atom. The number of rotatable bonds is 4. The van der Waals surface area contributed by atoms with Crippen LogP contribution in [0, 0.1) is 0 Å². The molecule has 138 valence electrons. The standard InChI is InChI=1S/C17H12ClN3O4S2/c18-9-1-4-14-11(5-9)20-17(27-14)26-7-15(22)21-16(23)19-10-2-3-12-13(6-10)25-8-24-12/h1-6H,7-8H2,(H2,19,21,22,23). The SMILES string of the molecule is O=C(CSc1nc2cc(Cl)ccc2s1)NC(=O)Nc1ccc2c(c1)OCO2. The molecule has 2 aromatic carbocycles. The van der Waals surface area contributed by atoms with Crippen LogP contribution in [0.3, 0.4) is 0 Å². The first-order valence-corrected chi connectivity index (χ1v) is 9.94. The van der Waals surface area contributed by atoms with Crippen LogP contribution in [-0.2, 0) is 4.79 Å². The van der Waals surface area contributed by atoms with Crippen molar-refractivity contribution in [2.45, 2.75) is 4.34 Å². The Balaban J connectivity index is 1.30. The molecule has 3 aromatic rings. The van der Waals surface area contributed by atoms with Gasteiger partial charge < -0.3 is 14.8 Å². The molecule has 0 spiro atoms. The summed E-state index contributed by atoms with van der Waals surface area (Å²) in [5, 5.41) is 5.48. The summed E-state index contributed by atoms with van der Waals surface area (Å²) in [6, 6.07) is 9.83. The Hall–Kier alpha value is -2.49. The highest BCUT2D eigenvalue weighted by molar-refractivity contribution is 8.01. The molecule has 2 heterocycles. The van der Waals surface area contributed by atoms with Crippen LogP contribution in [0.25, 0.3) is 10.2 Å². The summed E-state index contributed by atoms with van der Waals surface area (Å²) in [4.78, 5) is 28.4. The van der Waals surface area contributed by atoms with E-state index in [-0.39, 0.29) is 12.5 Å². The number of benzene rings is 2. The van der Waals surface area contributed by atoms with Gasteiger partial charge in [-0.3, -0.25) is 10.1 Å². The van der Waals surface area contributed by atoms with E-state index in [4.69, 9.17) is 21.1 Å². The van der Waals surface area contributed by atoms with Gasteiger partial charge >= 0.3 is 6.03 Å². The number of ether oxygens (including phenoxy) is 2. The van der Waals surface area contributed by atoms with E-state index in [2.05, 4.69) is 15.6 Å². The maximum absolute atomic E-state index is 12.0. The first-order chi connectivity index (χ1) is 13.1. The number of carbonyl (C=O) groups excluding carboxylic acids is 2. The van der Waals surface area contributed by atoms with E-state index in [0.29, 0.717) is 22.2 Å². The summed E-state index contributed by atoms with van der Waals surface area (Å²) >= 11 is 8.67. The first kappa shape index (κ1) is 17.9. The van der Waals surface area contributed by atoms with Crippen LogP contribution in [-0.4, -0.2) is 29.5 Å². The van der Waals surface area contributed by atoms with E-state index in [1.807, 2.05) is 6.07 Å². The predicted molar refractivity (Wildman–Crippen MR) is 105 cm³/mol. The number of halogens is 1. The van der Waals surface area contributed by atoms with Crippen molar-refractivity contribution in [3.63, 3.8) is 0 Å². The minimum Gasteiger partial charge on any atom is -0.454 e. The third-order valence-corrected chi connectivity index (χ3v) is 5.95. The number of thioether (sulfide) groups is 1. The van der Waals surface area contributed by atoms with Gasteiger partial charge in [0.2, 0.25) is 12.7 Å². The molecule has 0 aliphatic carbocycles. The molecule has 7 nitrogen and oxygen atoms in total. The Morgan fingerprint density at radius 2 is 2.04 bits per heavy atom. The van der Waals surface area contributed by atoms with Gasteiger partial charge in [0, 0.05) is 16.8 Å². The van der Waals surface area contributed by atoms with E-state index in [9.17, 15) is 9.59 Å².